The molecule has 0 aliphatic heterocycles. The van der Waals surface area contributed by atoms with E-state index in [1.807, 2.05) is 30.2 Å². The third-order valence-electron chi connectivity index (χ3n) is 6.03. The highest BCUT2D eigenvalue weighted by molar-refractivity contribution is 6.07. The van der Waals surface area contributed by atoms with Crippen molar-refractivity contribution in [1.82, 2.24) is 15.0 Å². The molecule has 38 heavy (non-hydrogen) atoms. The molecule has 198 valence electrons. The molecule has 0 fully saturated rings. The molecule has 0 saturated carbocycles. The number of anilines is 3. The molecule has 1 atom stereocenters. The Kier molecular flexibility index (Phi) is 10.2. The Morgan fingerprint density at radius 2 is 1.84 bits per heavy atom. The molecule has 2 heterocycles. The molecule has 0 aliphatic carbocycles. The molecule has 4 rings (SSSR count). The first kappa shape index (κ1) is 28.1. The zero-order chi connectivity index (χ0) is 27.5. The fraction of sp³-hybridized carbons (Fsp3) is 0.267. The highest BCUT2D eigenvalue weighted by Crippen LogP contribution is 2.19. The number of amides is 1. The van der Waals surface area contributed by atoms with Gasteiger partial charge in [-0.15, -0.1) is 6.58 Å². The molecule has 8 nitrogen and oxygen atoms in total. The van der Waals surface area contributed by atoms with Crippen LogP contribution in [-0.4, -0.2) is 41.1 Å². The minimum Gasteiger partial charge on any atom is -0.497 e. The summed E-state index contributed by atoms with van der Waals surface area (Å²) in [4.78, 5) is 27.4. The Balaban J connectivity index is 0.000000299. The molecule has 0 aliphatic rings. The second-order valence-electron chi connectivity index (χ2n) is 9.03. The normalized spacial score (nSPS) is 11.2. The molecule has 0 radical (unpaired) electrons. The number of fused-ring (bicyclic) bond motifs is 1. The van der Waals surface area contributed by atoms with Gasteiger partial charge in [0.1, 0.15) is 17.1 Å². The SMILES string of the molecule is C=CCN(CC(C)CC)c1ncc(C(=O)Nc2ccc(OC)cc2)c(N)n1.Cc1cc2ccccc2cn1. The van der Waals surface area contributed by atoms with Crippen LogP contribution in [0.25, 0.3) is 10.8 Å². The van der Waals surface area contributed by atoms with E-state index in [2.05, 4.69) is 58.9 Å². The van der Waals surface area contributed by atoms with Crippen LogP contribution >= 0.6 is 0 Å². The first-order valence-corrected chi connectivity index (χ1v) is 12.6. The quantitative estimate of drug-likeness (QED) is 0.269. The number of carbonyl (C=O) groups is 1. The number of nitrogen functional groups attached to an aromatic ring is 1. The van der Waals surface area contributed by atoms with E-state index in [1.54, 1.807) is 37.5 Å². The van der Waals surface area contributed by atoms with Crippen LogP contribution in [0.15, 0.2) is 79.6 Å². The van der Waals surface area contributed by atoms with E-state index in [1.165, 1.54) is 17.0 Å². The van der Waals surface area contributed by atoms with Crippen molar-refractivity contribution in [1.29, 1.82) is 0 Å². The standard InChI is InChI=1S/C20H27N5O2.C10H9N/c1-5-11-25(13-14(3)6-2)20-22-12-17(18(21)24-20)19(26)23-15-7-9-16(27-4)10-8-15;1-8-6-9-4-2-3-5-10(9)7-11-8/h5,7-10,12,14H,1,6,11,13H2,2-4H3,(H,23,26)(H2,21,22,24);2-7H,1H3. The monoisotopic (exact) mass is 512 g/mol. The van der Waals surface area contributed by atoms with Crippen molar-refractivity contribution in [3.63, 3.8) is 0 Å². The predicted octanol–water partition coefficient (Wildman–Crippen LogP) is 5.90. The molecule has 0 bridgehead atoms. The average molecular weight is 513 g/mol. The Bertz CT molecular complexity index is 1360. The molecule has 2 aromatic carbocycles. The van der Waals surface area contributed by atoms with Crippen LogP contribution in [0.1, 0.15) is 36.3 Å². The van der Waals surface area contributed by atoms with Crippen LogP contribution in [0.5, 0.6) is 5.75 Å². The number of carbonyl (C=O) groups excluding carboxylic acids is 1. The molecule has 8 heteroatoms. The predicted molar refractivity (Wildman–Crippen MR) is 156 cm³/mol. The summed E-state index contributed by atoms with van der Waals surface area (Å²) in [6.45, 7) is 11.5. The second-order valence-corrected chi connectivity index (χ2v) is 9.03. The number of pyridine rings is 1. The molecule has 2 aromatic heterocycles. The number of ether oxygens (including phenoxy) is 1. The van der Waals surface area contributed by atoms with Crippen molar-refractivity contribution < 1.29 is 9.53 Å². The number of nitrogens with one attached hydrogen (secondary N) is 1. The maximum Gasteiger partial charge on any atom is 0.260 e. The summed E-state index contributed by atoms with van der Waals surface area (Å²) in [6.07, 6.45) is 6.21. The number of rotatable bonds is 9. The summed E-state index contributed by atoms with van der Waals surface area (Å²) in [5, 5.41) is 5.25. The van der Waals surface area contributed by atoms with E-state index in [0.29, 0.717) is 29.8 Å². The number of hydrogen-bond donors (Lipinski definition) is 2. The smallest absolute Gasteiger partial charge is 0.260 e. The topological polar surface area (TPSA) is 106 Å². The largest absolute Gasteiger partial charge is 0.497 e. The fourth-order valence-electron chi connectivity index (χ4n) is 3.68. The van der Waals surface area contributed by atoms with Crippen molar-refractivity contribution in [3.8, 4) is 5.75 Å². The zero-order valence-corrected chi connectivity index (χ0v) is 22.5. The van der Waals surface area contributed by atoms with Crippen LogP contribution in [0, 0.1) is 12.8 Å². The molecular formula is C30H36N6O2. The summed E-state index contributed by atoms with van der Waals surface area (Å²) in [7, 11) is 1.59. The van der Waals surface area contributed by atoms with Gasteiger partial charge in [0.15, 0.2) is 0 Å². The molecular weight excluding hydrogens is 476 g/mol. The Hall–Kier alpha value is -4.46. The highest BCUT2D eigenvalue weighted by atomic mass is 16.5. The number of hydrogen-bond acceptors (Lipinski definition) is 7. The zero-order valence-electron chi connectivity index (χ0n) is 22.5. The van der Waals surface area contributed by atoms with E-state index >= 15 is 0 Å². The van der Waals surface area contributed by atoms with Gasteiger partial charge in [0, 0.05) is 42.3 Å². The highest BCUT2D eigenvalue weighted by Gasteiger charge is 2.17. The summed E-state index contributed by atoms with van der Waals surface area (Å²) < 4.78 is 5.10. The van der Waals surface area contributed by atoms with Crippen LogP contribution in [0.3, 0.4) is 0 Å². The van der Waals surface area contributed by atoms with Gasteiger partial charge in [-0.3, -0.25) is 9.78 Å². The minimum atomic E-state index is -0.360. The average Bonchev–Trinajstić information content (AvgIpc) is 2.93. The lowest BCUT2D eigenvalue weighted by Gasteiger charge is -2.24. The van der Waals surface area contributed by atoms with E-state index in [9.17, 15) is 4.79 Å². The minimum absolute atomic E-state index is 0.143. The molecule has 1 amide bonds. The van der Waals surface area contributed by atoms with Crippen LogP contribution < -0.4 is 20.7 Å². The number of nitrogens with zero attached hydrogens (tertiary/aromatic N) is 4. The number of aryl methyl sites for hydroxylation is 1. The van der Waals surface area contributed by atoms with Gasteiger partial charge in [0.25, 0.3) is 5.91 Å². The van der Waals surface area contributed by atoms with Gasteiger partial charge in [-0.25, -0.2) is 4.98 Å². The Morgan fingerprint density at radius 1 is 1.13 bits per heavy atom. The maximum atomic E-state index is 12.5. The number of methoxy groups -OCH3 is 1. The van der Waals surface area contributed by atoms with Crippen LogP contribution in [0.2, 0.25) is 0 Å². The summed E-state index contributed by atoms with van der Waals surface area (Å²) in [5.41, 5.74) is 7.97. The summed E-state index contributed by atoms with van der Waals surface area (Å²) >= 11 is 0. The Labute approximate surface area is 224 Å². The third kappa shape index (κ3) is 7.77. The van der Waals surface area contributed by atoms with Gasteiger partial charge in [0.2, 0.25) is 5.95 Å². The molecule has 4 aromatic rings. The first-order valence-electron chi connectivity index (χ1n) is 12.6. The van der Waals surface area contributed by atoms with Crippen molar-refractivity contribution >= 4 is 34.1 Å². The van der Waals surface area contributed by atoms with E-state index < -0.39 is 0 Å². The summed E-state index contributed by atoms with van der Waals surface area (Å²) in [5.74, 6) is 1.47. The molecule has 3 N–H and O–H groups in total. The van der Waals surface area contributed by atoms with E-state index in [4.69, 9.17) is 10.5 Å². The number of aromatic nitrogens is 3. The van der Waals surface area contributed by atoms with Gasteiger partial charge < -0.3 is 20.7 Å². The molecule has 0 spiro atoms. The van der Waals surface area contributed by atoms with Gasteiger partial charge in [-0.1, -0.05) is 50.6 Å². The fourth-order valence-corrected chi connectivity index (χ4v) is 3.68. The number of benzene rings is 2. The van der Waals surface area contributed by atoms with E-state index in [-0.39, 0.29) is 17.3 Å². The lowest BCUT2D eigenvalue weighted by molar-refractivity contribution is 0.102. The van der Waals surface area contributed by atoms with Crippen molar-refractivity contribution in [3.05, 3.63) is 90.9 Å². The van der Waals surface area contributed by atoms with Gasteiger partial charge in [0.05, 0.1) is 7.11 Å². The van der Waals surface area contributed by atoms with Gasteiger partial charge in [-0.05, 0) is 48.6 Å². The van der Waals surface area contributed by atoms with Crippen LogP contribution in [-0.2, 0) is 0 Å². The molecule has 1 unspecified atom stereocenters. The molecule has 0 saturated heterocycles. The number of nitrogens with two attached hydrogens (primary N) is 1. The van der Waals surface area contributed by atoms with E-state index in [0.717, 1.165) is 18.7 Å². The second kappa shape index (κ2) is 13.7. The van der Waals surface area contributed by atoms with Crippen LogP contribution in [0.4, 0.5) is 17.5 Å². The third-order valence-corrected chi connectivity index (χ3v) is 6.03. The lowest BCUT2D eigenvalue weighted by atomic mass is 10.1. The van der Waals surface area contributed by atoms with Crippen molar-refractivity contribution in [2.24, 2.45) is 5.92 Å². The first-order chi connectivity index (χ1) is 18.3. The van der Waals surface area contributed by atoms with Crippen molar-refractivity contribution in [2.45, 2.75) is 27.2 Å². The van der Waals surface area contributed by atoms with Gasteiger partial charge >= 0.3 is 0 Å². The lowest BCUT2D eigenvalue weighted by Crippen LogP contribution is -2.30. The van der Waals surface area contributed by atoms with Crippen molar-refractivity contribution in [2.75, 3.05) is 36.1 Å². The van der Waals surface area contributed by atoms with Gasteiger partial charge in [-0.2, -0.15) is 4.98 Å². The Morgan fingerprint density at radius 3 is 2.47 bits per heavy atom. The maximum absolute atomic E-state index is 12.5. The summed E-state index contributed by atoms with van der Waals surface area (Å²) in [6, 6.07) is 17.4.